The fourth-order valence-electron chi connectivity index (χ4n) is 2.46. The molecular formula is C15H21N3O2S. The van der Waals surface area contributed by atoms with Crippen LogP contribution in [0.3, 0.4) is 0 Å². The molecule has 0 radical (unpaired) electrons. The monoisotopic (exact) mass is 307 g/mol. The third-order valence-corrected chi connectivity index (χ3v) is 4.39. The molecular weight excluding hydrogens is 286 g/mol. The van der Waals surface area contributed by atoms with Crippen molar-refractivity contribution >= 4 is 20.9 Å². The summed E-state index contributed by atoms with van der Waals surface area (Å²) in [6, 6.07) is 6.03. The Hall–Kier alpha value is -1.53. The predicted molar refractivity (Wildman–Crippen MR) is 84.9 cm³/mol. The second-order valence-corrected chi connectivity index (χ2v) is 7.41. The zero-order valence-electron chi connectivity index (χ0n) is 12.4. The molecule has 6 heteroatoms. The molecule has 1 atom stereocenters. The molecule has 0 aliphatic heterocycles. The molecule has 1 aromatic carbocycles. The van der Waals surface area contributed by atoms with Gasteiger partial charge in [0, 0.05) is 30.4 Å². The highest BCUT2D eigenvalue weighted by atomic mass is 32.2. The van der Waals surface area contributed by atoms with E-state index in [0.717, 1.165) is 29.6 Å². The van der Waals surface area contributed by atoms with Gasteiger partial charge in [-0.15, -0.1) is 0 Å². The van der Waals surface area contributed by atoms with Gasteiger partial charge in [0.25, 0.3) is 0 Å². The SMILES string of the molecule is CCNC(CCCS(C)(=O)=O)c1cccc2nccnc12. The lowest BCUT2D eigenvalue weighted by Crippen LogP contribution is -2.22. The van der Waals surface area contributed by atoms with Crippen LogP contribution in [0.5, 0.6) is 0 Å². The number of nitrogens with one attached hydrogen (secondary N) is 1. The predicted octanol–water partition coefficient (Wildman–Crippen LogP) is 2.11. The van der Waals surface area contributed by atoms with E-state index in [9.17, 15) is 8.42 Å². The standard InChI is InChI=1S/C15H21N3O2S/c1-3-16-13(8-5-11-21(2,19)20)12-6-4-7-14-15(12)18-10-9-17-14/h4,6-7,9-10,13,16H,3,5,8,11H2,1-2H3. The summed E-state index contributed by atoms with van der Waals surface area (Å²) >= 11 is 0. The maximum absolute atomic E-state index is 11.3. The fourth-order valence-corrected chi connectivity index (χ4v) is 3.15. The maximum Gasteiger partial charge on any atom is 0.147 e. The summed E-state index contributed by atoms with van der Waals surface area (Å²) in [6.45, 7) is 2.86. The first-order valence-electron chi connectivity index (χ1n) is 7.12. The average Bonchev–Trinajstić information content (AvgIpc) is 2.44. The Bertz CT molecular complexity index is 696. The summed E-state index contributed by atoms with van der Waals surface area (Å²) in [5.41, 5.74) is 2.82. The molecule has 1 heterocycles. The van der Waals surface area contributed by atoms with Gasteiger partial charge in [-0.25, -0.2) is 8.42 Å². The molecule has 5 nitrogen and oxygen atoms in total. The molecule has 0 aliphatic rings. The molecule has 2 aromatic rings. The molecule has 1 aromatic heterocycles. The fraction of sp³-hybridized carbons (Fsp3) is 0.467. The van der Waals surface area contributed by atoms with Crippen LogP contribution in [0.1, 0.15) is 31.4 Å². The third kappa shape index (κ3) is 4.47. The van der Waals surface area contributed by atoms with Gasteiger partial charge < -0.3 is 5.32 Å². The van der Waals surface area contributed by atoms with Crippen molar-refractivity contribution in [1.82, 2.24) is 15.3 Å². The van der Waals surface area contributed by atoms with Gasteiger partial charge in [-0.2, -0.15) is 0 Å². The average molecular weight is 307 g/mol. The maximum atomic E-state index is 11.3. The number of hydrogen-bond acceptors (Lipinski definition) is 5. The molecule has 0 amide bonds. The van der Waals surface area contributed by atoms with Gasteiger partial charge in [0.05, 0.1) is 11.0 Å². The third-order valence-electron chi connectivity index (χ3n) is 3.36. The number of nitrogens with zero attached hydrogens (tertiary/aromatic N) is 2. The molecule has 0 bridgehead atoms. The first-order valence-corrected chi connectivity index (χ1v) is 9.18. The molecule has 21 heavy (non-hydrogen) atoms. The highest BCUT2D eigenvalue weighted by molar-refractivity contribution is 7.90. The van der Waals surface area contributed by atoms with Gasteiger partial charge in [-0.3, -0.25) is 9.97 Å². The number of sulfone groups is 1. The summed E-state index contributed by atoms with van der Waals surface area (Å²) in [5.74, 6) is 0.214. The highest BCUT2D eigenvalue weighted by Gasteiger charge is 2.15. The Balaban J connectivity index is 2.23. The van der Waals surface area contributed by atoms with E-state index in [0.29, 0.717) is 6.42 Å². The van der Waals surface area contributed by atoms with Crippen LogP contribution >= 0.6 is 0 Å². The van der Waals surface area contributed by atoms with Crippen LogP contribution in [0.2, 0.25) is 0 Å². The van der Waals surface area contributed by atoms with E-state index >= 15 is 0 Å². The normalized spacial score (nSPS) is 13.4. The van der Waals surface area contributed by atoms with Crippen LogP contribution in [0.25, 0.3) is 11.0 Å². The molecule has 2 rings (SSSR count). The number of benzene rings is 1. The van der Waals surface area contributed by atoms with Crippen molar-refractivity contribution < 1.29 is 8.42 Å². The lowest BCUT2D eigenvalue weighted by molar-refractivity contribution is 0.509. The second-order valence-electron chi connectivity index (χ2n) is 5.15. The largest absolute Gasteiger partial charge is 0.310 e. The summed E-state index contributed by atoms with van der Waals surface area (Å²) in [6.07, 6.45) is 6.03. The summed E-state index contributed by atoms with van der Waals surface area (Å²) in [4.78, 5) is 8.74. The molecule has 0 saturated carbocycles. The smallest absolute Gasteiger partial charge is 0.147 e. The van der Waals surface area contributed by atoms with E-state index in [-0.39, 0.29) is 11.8 Å². The molecule has 0 fully saturated rings. The Labute approximate surface area is 125 Å². The molecule has 114 valence electrons. The number of aromatic nitrogens is 2. The van der Waals surface area contributed by atoms with Crippen LogP contribution in [-0.4, -0.2) is 36.9 Å². The van der Waals surface area contributed by atoms with E-state index < -0.39 is 9.84 Å². The Morgan fingerprint density at radius 3 is 2.71 bits per heavy atom. The number of rotatable bonds is 7. The van der Waals surface area contributed by atoms with Crippen molar-refractivity contribution in [2.75, 3.05) is 18.6 Å². The van der Waals surface area contributed by atoms with Crippen molar-refractivity contribution in [3.8, 4) is 0 Å². The van der Waals surface area contributed by atoms with Gasteiger partial charge in [0.15, 0.2) is 0 Å². The van der Waals surface area contributed by atoms with Gasteiger partial charge >= 0.3 is 0 Å². The van der Waals surface area contributed by atoms with Gasteiger partial charge in [-0.05, 0) is 31.0 Å². The zero-order chi connectivity index (χ0) is 15.3. The first kappa shape index (κ1) is 15.9. The molecule has 0 saturated heterocycles. The van der Waals surface area contributed by atoms with Crippen molar-refractivity contribution in [2.24, 2.45) is 0 Å². The summed E-state index contributed by atoms with van der Waals surface area (Å²) < 4.78 is 22.6. The van der Waals surface area contributed by atoms with Crippen molar-refractivity contribution in [2.45, 2.75) is 25.8 Å². The Kier molecular flexibility index (Phi) is 5.25. The van der Waals surface area contributed by atoms with Crippen LogP contribution in [0.15, 0.2) is 30.6 Å². The minimum Gasteiger partial charge on any atom is -0.310 e. The van der Waals surface area contributed by atoms with Crippen LogP contribution in [0.4, 0.5) is 0 Å². The van der Waals surface area contributed by atoms with E-state index in [4.69, 9.17) is 0 Å². The highest BCUT2D eigenvalue weighted by Crippen LogP contribution is 2.24. The van der Waals surface area contributed by atoms with Crippen molar-refractivity contribution in [3.63, 3.8) is 0 Å². The zero-order valence-corrected chi connectivity index (χ0v) is 13.2. The van der Waals surface area contributed by atoms with Gasteiger partial charge in [0.2, 0.25) is 0 Å². The topological polar surface area (TPSA) is 72.0 Å². The molecule has 1 N–H and O–H groups in total. The van der Waals surface area contributed by atoms with Crippen molar-refractivity contribution in [1.29, 1.82) is 0 Å². The van der Waals surface area contributed by atoms with E-state index in [1.165, 1.54) is 6.26 Å². The molecule has 1 unspecified atom stereocenters. The summed E-state index contributed by atoms with van der Waals surface area (Å²) in [7, 11) is -2.92. The van der Waals surface area contributed by atoms with Gasteiger partial charge in [0.1, 0.15) is 9.84 Å². The number of para-hydroxylation sites is 1. The second kappa shape index (κ2) is 6.95. The Morgan fingerprint density at radius 2 is 2.00 bits per heavy atom. The quantitative estimate of drug-likeness (QED) is 0.848. The van der Waals surface area contributed by atoms with Crippen molar-refractivity contribution in [3.05, 3.63) is 36.2 Å². The van der Waals surface area contributed by atoms with Gasteiger partial charge in [-0.1, -0.05) is 19.1 Å². The minimum atomic E-state index is -2.92. The van der Waals surface area contributed by atoms with E-state index in [2.05, 4.69) is 15.3 Å². The molecule has 0 spiro atoms. The van der Waals surface area contributed by atoms with Crippen LogP contribution in [0, 0.1) is 0 Å². The molecule has 0 aliphatic carbocycles. The number of fused-ring (bicyclic) bond motifs is 1. The number of hydrogen-bond donors (Lipinski definition) is 1. The van der Waals surface area contributed by atoms with Crippen LogP contribution in [-0.2, 0) is 9.84 Å². The van der Waals surface area contributed by atoms with E-state index in [1.54, 1.807) is 12.4 Å². The Morgan fingerprint density at radius 1 is 1.24 bits per heavy atom. The lowest BCUT2D eigenvalue weighted by Gasteiger charge is -2.19. The van der Waals surface area contributed by atoms with E-state index in [1.807, 2.05) is 25.1 Å². The van der Waals surface area contributed by atoms with Crippen LogP contribution < -0.4 is 5.32 Å². The summed E-state index contributed by atoms with van der Waals surface area (Å²) in [5, 5.41) is 3.41. The minimum absolute atomic E-state index is 0.0946. The first-order chi connectivity index (χ1) is 10.0. The lowest BCUT2D eigenvalue weighted by atomic mass is 10.0.